The van der Waals surface area contributed by atoms with E-state index >= 15 is 0 Å². The smallest absolute Gasteiger partial charge is 0.224 e. The summed E-state index contributed by atoms with van der Waals surface area (Å²) in [6.07, 6.45) is 2.09. The van der Waals surface area contributed by atoms with Gasteiger partial charge >= 0.3 is 0 Å². The highest BCUT2D eigenvalue weighted by atomic mass is 35.5. The Hall–Kier alpha value is -2.34. The van der Waals surface area contributed by atoms with E-state index in [9.17, 15) is 4.79 Å². The first-order valence-corrected chi connectivity index (χ1v) is 10.0. The van der Waals surface area contributed by atoms with Crippen LogP contribution in [0.1, 0.15) is 32.8 Å². The zero-order valence-electron chi connectivity index (χ0n) is 16.9. The third-order valence-electron chi connectivity index (χ3n) is 4.78. The van der Waals surface area contributed by atoms with Gasteiger partial charge in [-0.05, 0) is 37.5 Å². The van der Waals surface area contributed by atoms with Gasteiger partial charge in [-0.25, -0.2) is 9.97 Å². The van der Waals surface area contributed by atoms with Crippen LogP contribution in [-0.2, 0) is 4.79 Å². The van der Waals surface area contributed by atoms with E-state index in [2.05, 4.69) is 35.6 Å². The molecule has 7 heteroatoms. The molecule has 3 rings (SSSR count). The SMILES string of the molecule is Cc1ccc(Cl)c(Oc2cc(N3CCN(C(=O)CC(C)C)[C@H](C)C3)ncn2)c1. The van der Waals surface area contributed by atoms with Crippen molar-refractivity contribution >= 4 is 23.3 Å². The molecule has 2 heterocycles. The third-order valence-corrected chi connectivity index (χ3v) is 5.10. The average molecular weight is 403 g/mol. The summed E-state index contributed by atoms with van der Waals surface area (Å²) in [6, 6.07) is 7.57. The van der Waals surface area contributed by atoms with Gasteiger partial charge in [0.1, 0.15) is 17.9 Å². The van der Waals surface area contributed by atoms with Crippen molar-refractivity contribution in [3.8, 4) is 11.6 Å². The average Bonchev–Trinajstić information content (AvgIpc) is 2.64. The summed E-state index contributed by atoms with van der Waals surface area (Å²) in [5, 5.41) is 0.539. The molecule has 28 heavy (non-hydrogen) atoms. The lowest BCUT2D eigenvalue weighted by molar-refractivity contribution is -0.134. The fourth-order valence-electron chi connectivity index (χ4n) is 3.36. The predicted octanol–water partition coefficient (Wildman–Crippen LogP) is 4.31. The Labute approximate surface area is 171 Å². The maximum Gasteiger partial charge on any atom is 0.224 e. The molecule has 0 bridgehead atoms. The van der Waals surface area contributed by atoms with Crippen molar-refractivity contribution in [2.75, 3.05) is 24.5 Å². The summed E-state index contributed by atoms with van der Waals surface area (Å²) in [7, 11) is 0. The van der Waals surface area contributed by atoms with E-state index in [0.717, 1.165) is 24.5 Å². The van der Waals surface area contributed by atoms with Crippen LogP contribution in [-0.4, -0.2) is 46.5 Å². The van der Waals surface area contributed by atoms with E-state index in [1.165, 1.54) is 6.33 Å². The molecule has 1 atom stereocenters. The zero-order valence-corrected chi connectivity index (χ0v) is 17.6. The molecule has 1 aromatic carbocycles. The molecule has 0 radical (unpaired) electrons. The number of carbonyl (C=O) groups excluding carboxylic acids is 1. The number of aromatic nitrogens is 2. The molecule has 0 aliphatic carbocycles. The van der Waals surface area contributed by atoms with Crippen molar-refractivity contribution < 1.29 is 9.53 Å². The number of ether oxygens (including phenoxy) is 1. The predicted molar refractivity (Wildman–Crippen MR) is 111 cm³/mol. The van der Waals surface area contributed by atoms with Gasteiger partial charge in [-0.2, -0.15) is 0 Å². The topological polar surface area (TPSA) is 58.6 Å². The lowest BCUT2D eigenvalue weighted by Crippen LogP contribution is -2.54. The summed E-state index contributed by atoms with van der Waals surface area (Å²) in [5.41, 5.74) is 1.06. The van der Waals surface area contributed by atoms with Crippen LogP contribution in [0.25, 0.3) is 0 Å². The van der Waals surface area contributed by atoms with Crippen LogP contribution in [0.4, 0.5) is 5.82 Å². The van der Waals surface area contributed by atoms with Crippen LogP contribution >= 0.6 is 11.6 Å². The van der Waals surface area contributed by atoms with Gasteiger partial charge in [-0.15, -0.1) is 0 Å². The highest BCUT2D eigenvalue weighted by molar-refractivity contribution is 6.32. The number of carbonyl (C=O) groups is 1. The largest absolute Gasteiger partial charge is 0.437 e. The maximum atomic E-state index is 12.4. The number of hydrogen-bond donors (Lipinski definition) is 0. The molecule has 1 aromatic heterocycles. The number of nitrogens with zero attached hydrogens (tertiary/aromatic N) is 4. The van der Waals surface area contributed by atoms with Crippen molar-refractivity contribution in [1.29, 1.82) is 0 Å². The minimum absolute atomic E-state index is 0.130. The second-order valence-corrected chi connectivity index (χ2v) is 8.14. The van der Waals surface area contributed by atoms with Gasteiger partial charge in [0.15, 0.2) is 0 Å². The van der Waals surface area contributed by atoms with Gasteiger partial charge in [0.05, 0.1) is 5.02 Å². The number of rotatable bonds is 5. The monoisotopic (exact) mass is 402 g/mol. The highest BCUT2D eigenvalue weighted by Crippen LogP contribution is 2.30. The van der Waals surface area contributed by atoms with Gasteiger partial charge in [-0.3, -0.25) is 4.79 Å². The summed E-state index contributed by atoms with van der Waals surface area (Å²) >= 11 is 6.22. The lowest BCUT2D eigenvalue weighted by atomic mass is 10.1. The van der Waals surface area contributed by atoms with Gasteiger partial charge in [-0.1, -0.05) is 31.5 Å². The third kappa shape index (κ3) is 4.93. The van der Waals surface area contributed by atoms with Crippen LogP contribution in [0.2, 0.25) is 5.02 Å². The number of benzene rings is 1. The quantitative estimate of drug-likeness (QED) is 0.745. The fourth-order valence-corrected chi connectivity index (χ4v) is 3.52. The van der Waals surface area contributed by atoms with Gasteiger partial charge in [0.25, 0.3) is 0 Å². The molecule has 0 spiro atoms. The fraction of sp³-hybridized carbons (Fsp3) is 0.476. The summed E-state index contributed by atoms with van der Waals surface area (Å²) in [4.78, 5) is 25.2. The molecule has 1 amide bonds. The van der Waals surface area contributed by atoms with Gasteiger partial charge in [0, 0.05) is 38.2 Å². The number of anilines is 1. The second-order valence-electron chi connectivity index (χ2n) is 7.73. The number of halogens is 1. The van der Waals surface area contributed by atoms with E-state index in [1.807, 2.05) is 36.1 Å². The normalized spacial score (nSPS) is 17.1. The first-order valence-electron chi connectivity index (χ1n) is 9.64. The summed E-state index contributed by atoms with van der Waals surface area (Å²) < 4.78 is 5.88. The van der Waals surface area contributed by atoms with E-state index in [4.69, 9.17) is 16.3 Å². The highest BCUT2D eigenvalue weighted by Gasteiger charge is 2.28. The van der Waals surface area contributed by atoms with Crippen molar-refractivity contribution in [2.24, 2.45) is 5.92 Å². The van der Waals surface area contributed by atoms with Crippen molar-refractivity contribution in [2.45, 2.75) is 40.2 Å². The Balaban J connectivity index is 1.69. The lowest BCUT2D eigenvalue weighted by Gasteiger charge is -2.40. The molecule has 1 aliphatic heterocycles. The van der Waals surface area contributed by atoms with E-state index in [-0.39, 0.29) is 11.9 Å². The number of aryl methyl sites for hydroxylation is 1. The molecule has 0 saturated carbocycles. The zero-order chi connectivity index (χ0) is 20.3. The molecule has 2 aromatic rings. The first kappa shape index (κ1) is 20.4. The molecule has 1 fully saturated rings. The minimum Gasteiger partial charge on any atom is -0.437 e. The van der Waals surface area contributed by atoms with Crippen LogP contribution in [0.3, 0.4) is 0 Å². The minimum atomic E-state index is 0.130. The number of hydrogen-bond acceptors (Lipinski definition) is 5. The maximum absolute atomic E-state index is 12.4. The van der Waals surface area contributed by atoms with Crippen LogP contribution in [0.15, 0.2) is 30.6 Å². The van der Waals surface area contributed by atoms with Gasteiger partial charge < -0.3 is 14.5 Å². The van der Waals surface area contributed by atoms with Crippen molar-refractivity contribution in [3.63, 3.8) is 0 Å². The molecule has 0 unspecified atom stereocenters. The number of amides is 1. The van der Waals surface area contributed by atoms with Crippen LogP contribution in [0.5, 0.6) is 11.6 Å². The Kier molecular flexibility index (Phi) is 6.39. The second kappa shape index (κ2) is 8.78. The summed E-state index contributed by atoms with van der Waals surface area (Å²) in [6.45, 7) is 10.4. The van der Waals surface area contributed by atoms with E-state index in [1.54, 1.807) is 0 Å². The Morgan fingerprint density at radius 1 is 1.29 bits per heavy atom. The van der Waals surface area contributed by atoms with Crippen molar-refractivity contribution in [3.05, 3.63) is 41.2 Å². The van der Waals surface area contributed by atoms with Crippen LogP contribution in [0, 0.1) is 12.8 Å². The van der Waals surface area contributed by atoms with E-state index in [0.29, 0.717) is 35.5 Å². The molecule has 1 saturated heterocycles. The Bertz CT molecular complexity index is 843. The van der Waals surface area contributed by atoms with Gasteiger partial charge in [0.2, 0.25) is 11.8 Å². The molecule has 6 nitrogen and oxygen atoms in total. The van der Waals surface area contributed by atoms with Crippen molar-refractivity contribution in [1.82, 2.24) is 14.9 Å². The molecule has 1 aliphatic rings. The van der Waals surface area contributed by atoms with E-state index < -0.39 is 0 Å². The Morgan fingerprint density at radius 2 is 2.07 bits per heavy atom. The van der Waals surface area contributed by atoms with Crippen LogP contribution < -0.4 is 9.64 Å². The molecule has 150 valence electrons. The molecular weight excluding hydrogens is 376 g/mol. The molecular formula is C21H27ClN4O2. The summed E-state index contributed by atoms with van der Waals surface area (Å²) in [5.74, 6) is 2.40. The first-order chi connectivity index (χ1) is 13.3. The number of piperazine rings is 1. The molecule has 0 N–H and O–H groups in total. The Morgan fingerprint density at radius 3 is 2.79 bits per heavy atom. The standard InChI is InChI=1S/C21H27ClN4O2/c1-14(2)9-21(27)26-8-7-25(12-16(26)4)19-11-20(24-13-23-19)28-18-10-15(3)5-6-17(18)22/h5-6,10-11,13-14,16H,7-9,12H2,1-4H3/t16-/m1/s1.